The van der Waals surface area contributed by atoms with Crippen molar-refractivity contribution in [2.24, 2.45) is 11.1 Å². The van der Waals surface area contributed by atoms with E-state index in [1.54, 1.807) is 0 Å². The Bertz CT molecular complexity index is 360. The lowest BCUT2D eigenvalue weighted by Crippen LogP contribution is -2.27. The van der Waals surface area contributed by atoms with Gasteiger partial charge in [-0.25, -0.2) is 0 Å². The van der Waals surface area contributed by atoms with E-state index in [1.807, 2.05) is 25.1 Å². The molecule has 1 aromatic carbocycles. The van der Waals surface area contributed by atoms with Crippen LogP contribution in [0.2, 0.25) is 5.02 Å². The smallest absolute Gasteiger partial charge is 0.0435 e. The first kappa shape index (κ1) is 12.3. The minimum atomic E-state index is -0.0275. The van der Waals surface area contributed by atoms with E-state index in [9.17, 15) is 0 Å². The number of aryl methyl sites for hydroxylation is 1. The quantitative estimate of drug-likeness (QED) is 0.779. The van der Waals surface area contributed by atoms with E-state index in [2.05, 4.69) is 19.6 Å². The van der Waals surface area contributed by atoms with Crippen molar-refractivity contribution in [2.45, 2.75) is 20.3 Å². The molecule has 0 radical (unpaired) electrons. The maximum atomic E-state index is 5.97. The Morgan fingerprint density at radius 1 is 1.53 bits per heavy atom. The maximum Gasteiger partial charge on any atom is 0.0435 e. The van der Waals surface area contributed by atoms with Gasteiger partial charge < -0.3 is 5.73 Å². The molecular weight excluding hydrogens is 206 g/mol. The molecule has 0 saturated heterocycles. The minimum Gasteiger partial charge on any atom is -0.330 e. The number of benzene rings is 1. The van der Waals surface area contributed by atoms with E-state index < -0.39 is 0 Å². The van der Waals surface area contributed by atoms with E-state index in [-0.39, 0.29) is 5.41 Å². The Balaban J connectivity index is 2.89. The SMILES string of the molecule is C=CC(C)(CN)Cc1ccc(Cl)c(C)c1. The predicted octanol–water partition coefficient (Wildman–Crippen LogP) is 3.34. The lowest BCUT2D eigenvalue weighted by molar-refractivity contribution is 0.439. The van der Waals surface area contributed by atoms with Gasteiger partial charge in [-0.05, 0) is 30.5 Å². The molecule has 0 aliphatic heterocycles. The van der Waals surface area contributed by atoms with Gasteiger partial charge in [-0.1, -0.05) is 36.7 Å². The highest BCUT2D eigenvalue weighted by Gasteiger charge is 2.18. The monoisotopic (exact) mass is 223 g/mol. The summed E-state index contributed by atoms with van der Waals surface area (Å²) >= 11 is 5.97. The fourth-order valence-corrected chi connectivity index (χ4v) is 1.63. The summed E-state index contributed by atoms with van der Waals surface area (Å²) in [4.78, 5) is 0. The molecule has 0 heterocycles. The first-order valence-corrected chi connectivity index (χ1v) is 5.47. The zero-order valence-corrected chi connectivity index (χ0v) is 10.1. The van der Waals surface area contributed by atoms with E-state index in [0.29, 0.717) is 6.54 Å². The minimum absolute atomic E-state index is 0.0275. The average Bonchev–Trinajstić information content (AvgIpc) is 2.23. The number of hydrogen-bond donors (Lipinski definition) is 1. The van der Waals surface area contributed by atoms with Crippen LogP contribution in [0.25, 0.3) is 0 Å². The van der Waals surface area contributed by atoms with Crippen LogP contribution in [0, 0.1) is 12.3 Å². The molecule has 15 heavy (non-hydrogen) atoms. The molecule has 0 aliphatic carbocycles. The second-order valence-electron chi connectivity index (χ2n) is 4.32. The van der Waals surface area contributed by atoms with Crippen molar-refractivity contribution in [1.29, 1.82) is 0 Å². The number of rotatable bonds is 4. The van der Waals surface area contributed by atoms with Crippen molar-refractivity contribution >= 4 is 11.6 Å². The maximum absolute atomic E-state index is 5.97. The molecule has 0 fully saturated rings. The molecule has 2 N–H and O–H groups in total. The van der Waals surface area contributed by atoms with Crippen LogP contribution in [0.3, 0.4) is 0 Å². The Hall–Kier alpha value is -0.790. The van der Waals surface area contributed by atoms with Crippen LogP contribution in [0.15, 0.2) is 30.9 Å². The molecule has 82 valence electrons. The van der Waals surface area contributed by atoms with Crippen LogP contribution in [0.4, 0.5) is 0 Å². The normalized spacial score (nSPS) is 14.7. The summed E-state index contributed by atoms with van der Waals surface area (Å²) in [6.45, 7) is 8.57. The van der Waals surface area contributed by atoms with E-state index in [0.717, 1.165) is 17.0 Å². The molecular formula is C13H18ClN. The second kappa shape index (κ2) is 4.82. The molecule has 0 aliphatic rings. The molecule has 1 atom stereocenters. The van der Waals surface area contributed by atoms with Crippen LogP contribution in [0.1, 0.15) is 18.1 Å². The van der Waals surface area contributed by atoms with Gasteiger partial charge in [-0.2, -0.15) is 0 Å². The zero-order valence-electron chi connectivity index (χ0n) is 9.39. The van der Waals surface area contributed by atoms with Crippen LogP contribution in [-0.4, -0.2) is 6.54 Å². The summed E-state index contributed by atoms with van der Waals surface area (Å²) in [5, 5.41) is 0.812. The Morgan fingerprint density at radius 3 is 2.67 bits per heavy atom. The molecule has 0 saturated carbocycles. The molecule has 2 heteroatoms. The van der Waals surface area contributed by atoms with Crippen LogP contribution < -0.4 is 5.73 Å². The van der Waals surface area contributed by atoms with Crippen molar-refractivity contribution in [2.75, 3.05) is 6.54 Å². The highest BCUT2D eigenvalue weighted by Crippen LogP contribution is 2.25. The summed E-state index contributed by atoms with van der Waals surface area (Å²) in [6, 6.07) is 6.10. The van der Waals surface area contributed by atoms with Gasteiger partial charge in [0.2, 0.25) is 0 Å². The van der Waals surface area contributed by atoms with Crippen molar-refractivity contribution in [3.8, 4) is 0 Å². The van der Waals surface area contributed by atoms with Crippen LogP contribution >= 0.6 is 11.6 Å². The van der Waals surface area contributed by atoms with Gasteiger partial charge in [0, 0.05) is 17.0 Å². The fourth-order valence-electron chi connectivity index (χ4n) is 1.51. The Kier molecular flexibility index (Phi) is 3.95. The van der Waals surface area contributed by atoms with Crippen LogP contribution in [-0.2, 0) is 6.42 Å². The first-order valence-electron chi connectivity index (χ1n) is 5.09. The van der Waals surface area contributed by atoms with Gasteiger partial charge in [-0.3, -0.25) is 0 Å². The van der Waals surface area contributed by atoms with Crippen LogP contribution in [0.5, 0.6) is 0 Å². The largest absolute Gasteiger partial charge is 0.330 e. The van der Waals surface area contributed by atoms with Gasteiger partial charge in [-0.15, -0.1) is 6.58 Å². The number of hydrogen-bond acceptors (Lipinski definition) is 1. The van der Waals surface area contributed by atoms with Gasteiger partial charge in [0.25, 0.3) is 0 Å². The lowest BCUT2D eigenvalue weighted by atomic mass is 9.83. The molecule has 0 spiro atoms. The number of nitrogens with two attached hydrogens (primary N) is 1. The van der Waals surface area contributed by atoms with E-state index >= 15 is 0 Å². The third kappa shape index (κ3) is 3.08. The average molecular weight is 224 g/mol. The fraction of sp³-hybridized carbons (Fsp3) is 0.385. The molecule has 1 nitrogen and oxygen atoms in total. The zero-order chi connectivity index (χ0) is 11.5. The second-order valence-corrected chi connectivity index (χ2v) is 4.73. The predicted molar refractivity (Wildman–Crippen MR) is 67.3 cm³/mol. The number of halogens is 1. The molecule has 1 unspecified atom stereocenters. The van der Waals surface area contributed by atoms with E-state index in [1.165, 1.54) is 5.56 Å². The molecule has 0 bridgehead atoms. The summed E-state index contributed by atoms with van der Waals surface area (Å²) in [5.41, 5.74) is 8.07. The van der Waals surface area contributed by atoms with Gasteiger partial charge in [0.1, 0.15) is 0 Å². The van der Waals surface area contributed by atoms with Gasteiger partial charge in [0.05, 0.1) is 0 Å². The highest BCUT2D eigenvalue weighted by atomic mass is 35.5. The standard InChI is InChI=1S/C13H18ClN/c1-4-13(3,9-15)8-11-5-6-12(14)10(2)7-11/h4-7H,1,8-9,15H2,2-3H3. The topological polar surface area (TPSA) is 26.0 Å². The highest BCUT2D eigenvalue weighted by molar-refractivity contribution is 6.31. The summed E-state index contributed by atoms with van der Waals surface area (Å²) in [7, 11) is 0. The molecule has 1 rings (SSSR count). The summed E-state index contributed by atoms with van der Waals surface area (Å²) in [5.74, 6) is 0. The molecule has 1 aromatic rings. The summed E-state index contributed by atoms with van der Waals surface area (Å²) < 4.78 is 0. The molecule has 0 amide bonds. The van der Waals surface area contributed by atoms with Crippen molar-refractivity contribution in [3.05, 3.63) is 47.0 Å². The van der Waals surface area contributed by atoms with Crippen molar-refractivity contribution < 1.29 is 0 Å². The third-order valence-electron chi connectivity index (χ3n) is 2.79. The third-order valence-corrected chi connectivity index (χ3v) is 3.21. The van der Waals surface area contributed by atoms with E-state index in [4.69, 9.17) is 17.3 Å². The lowest BCUT2D eigenvalue weighted by Gasteiger charge is -2.23. The summed E-state index contributed by atoms with van der Waals surface area (Å²) in [6.07, 6.45) is 2.84. The Labute approximate surface area is 96.9 Å². The van der Waals surface area contributed by atoms with Crippen molar-refractivity contribution in [1.82, 2.24) is 0 Å². The Morgan fingerprint density at radius 2 is 2.20 bits per heavy atom. The van der Waals surface area contributed by atoms with Crippen molar-refractivity contribution in [3.63, 3.8) is 0 Å². The molecule has 0 aromatic heterocycles. The van der Waals surface area contributed by atoms with Gasteiger partial charge >= 0.3 is 0 Å². The van der Waals surface area contributed by atoms with Gasteiger partial charge in [0.15, 0.2) is 0 Å². The first-order chi connectivity index (χ1) is 7.00.